The Balaban J connectivity index is 2.31. The minimum absolute atomic E-state index is 0.563. The average Bonchev–Trinajstić information content (AvgIpc) is 2.59. The second-order valence-corrected chi connectivity index (χ2v) is 5.74. The van der Waals surface area contributed by atoms with Gasteiger partial charge in [-0.05, 0) is 32.1 Å². The van der Waals surface area contributed by atoms with Gasteiger partial charge in [-0.15, -0.1) is 0 Å². The molecule has 0 aliphatic carbocycles. The van der Waals surface area contributed by atoms with Gasteiger partial charge in [-0.1, -0.05) is 20.3 Å². The van der Waals surface area contributed by atoms with E-state index in [1.54, 1.807) is 0 Å². The predicted molar refractivity (Wildman–Crippen MR) is 76.8 cm³/mol. The van der Waals surface area contributed by atoms with Gasteiger partial charge in [0.15, 0.2) is 5.82 Å². The van der Waals surface area contributed by atoms with Crippen molar-refractivity contribution in [2.45, 2.75) is 52.5 Å². The second kappa shape index (κ2) is 5.21. The normalized spacial score (nSPS) is 24.6. The predicted octanol–water partition coefficient (Wildman–Crippen LogP) is 2.58. The summed E-state index contributed by atoms with van der Waals surface area (Å²) >= 11 is 0. The van der Waals surface area contributed by atoms with Crippen LogP contribution in [0.15, 0.2) is 0 Å². The fraction of sp³-hybridized carbons (Fsp3) is 0.786. The molecule has 0 amide bonds. The molecule has 2 heterocycles. The number of rotatable bonds is 3. The molecule has 2 N–H and O–H groups in total. The molecule has 2 unspecified atom stereocenters. The van der Waals surface area contributed by atoms with Crippen LogP contribution in [0.1, 0.15) is 45.7 Å². The number of aromatic nitrogens is 2. The summed E-state index contributed by atoms with van der Waals surface area (Å²) in [4.78, 5) is 2.44. The maximum absolute atomic E-state index is 6.30. The smallest absolute Gasteiger partial charge is 0.150 e. The van der Waals surface area contributed by atoms with E-state index >= 15 is 0 Å². The van der Waals surface area contributed by atoms with E-state index in [4.69, 9.17) is 5.73 Å². The maximum atomic E-state index is 6.30. The summed E-state index contributed by atoms with van der Waals surface area (Å²) in [5, 5.41) is 4.58. The fourth-order valence-corrected chi connectivity index (χ4v) is 2.93. The summed E-state index contributed by atoms with van der Waals surface area (Å²) in [5.74, 6) is 1.86. The molecular formula is C14H26N4. The lowest BCUT2D eigenvalue weighted by Gasteiger charge is -2.38. The first-order valence-corrected chi connectivity index (χ1v) is 7.12. The zero-order valence-electron chi connectivity index (χ0n) is 12.1. The van der Waals surface area contributed by atoms with Crippen LogP contribution in [0.25, 0.3) is 0 Å². The topological polar surface area (TPSA) is 47.1 Å². The summed E-state index contributed by atoms with van der Waals surface area (Å²) in [6, 6.07) is 0.563. The van der Waals surface area contributed by atoms with Gasteiger partial charge in [0.1, 0.15) is 0 Å². The molecule has 2 atom stereocenters. The molecule has 1 aliphatic heterocycles. The van der Waals surface area contributed by atoms with Crippen LogP contribution in [0.5, 0.6) is 0 Å². The van der Waals surface area contributed by atoms with Gasteiger partial charge in [0.05, 0.1) is 11.4 Å². The number of anilines is 2. The molecule has 0 spiro atoms. The van der Waals surface area contributed by atoms with Crippen LogP contribution in [0.3, 0.4) is 0 Å². The van der Waals surface area contributed by atoms with Gasteiger partial charge in [-0.25, -0.2) is 0 Å². The zero-order chi connectivity index (χ0) is 13.3. The Labute approximate surface area is 110 Å². The Hall–Kier alpha value is -1.19. The van der Waals surface area contributed by atoms with Crippen molar-refractivity contribution in [2.75, 3.05) is 17.2 Å². The summed E-state index contributed by atoms with van der Waals surface area (Å²) < 4.78 is 1.97. The van der Waals surface area contributed by atoms with E-state index < -0.39 is 0 Å². The first-order chi connectivity index (χ1) is 8.54. The molecule has 0 bridgehead atoms. The highest BCUT2D eigenvalue weighted by atomic mass is 15.4. The highest BCUT2D eigenvalue weighted by molar-refractivity contribution is 5.67. The van der Waals surface area contributed by atoms with Crippen molar-refractivity contribution in [3.63, 3.8) is 0 Å². The Morgan fingerprint density at radius 3 is 2.72 bits per heavy atom. The molecule has 2 rings (SSSR count). The Morgan fingerprint density at radius 1 is 1.33 bits per heavy atom. The standard InChI is InChI=1S/C14H26N4/c1-5-6-12-13(15)14(17(4)16-12)18-9-10(2)7-8-11(18)3/h10-11H,5-9,15H2,1-4H3. The quantitative estimate of drug-likeness (QED) is 0.897. The second-order valence-electron chi connectivity index (χ2n) is 5.74. The first kappa shape index (κ1) is 13.2. The van der Waals surface area contributed by atoms with Gasteiger partial charge >= 0.3 is 0 Å². The third kappa shape index (κ3) is 2.33. The largest absolute Gasteiger partial charge is 0.394 e. The van der Waals surface area contributed by atoms with Crippen molar-refractivity contribution in [1.29, 1.82) is 0 Å². The number of nitrogens with two attached hydrogens (primary N) is 1. The van der Waals surface area contributed by atoms with E-state index in [2.05, 4.69) is 30.8 Å². The van der Waals surface area contributed by atoms with E-state index in [0.717, 1.165) is 42.5 Å². The minimum atomic E-state index is 0.563. The first-order valence-electron chi connectivity index (χ1n) is 7.12. The molecule has 1 fully saturated rings. The minimum Gasteiger partial charge on any atom is -0.394 e. The SMILES string of the molecule is CCCc1nn(C)c(N2CC(C)CCC2C)c1N. The van der Waals surface area contributed by atoms with Gasteiger partial charge in [-0.3, -0.25) is 4.68 Å². The molecule has 102 valence electrons. The fourth-order valence-electron chi connectivity index (χ4n) is 2.93. The molecule has 1 saturated heterocycles. The van der Waals surface area contributed by atoms with Crippen LogP contribution in [0.2, 0.25) is 0 Å². The average molecular weight is 250 g/mol. The molecule has 0 radical (unpaired) electrons. The van der Waals surface area contributed by atoms with Crippen molar-refractivity contribution in [3.05, 3.63) is 5.69 Å². The highest BCUT2D eigenvalue weighted by Gasteiger charge is 2.27. The maximum Gasteiger partial charge on any atom is 0.150 e. The van der Waals surface area contributed by atoms with Crippen LogP contribution in [-0.4, -0.2) is 22.4 Å². The van der Waals surface area contributed by atoms with Gasteiger partial charge in [0.25, 0.3) is 0 Å². The molecule has 1 aromatic rings. The lowest BCUT2D eigenvalue weighted by molar-refractivity contribution is 0.385. The van der Waals surface area contributed by atoms with Crippen LogP contribution in [-0.2, 0) is 13.5 Å². The molecule has 1 aromatic heterocycles. The Bertz CT molecular complexity index is 410. The van der Waals surface area contributed by atoms with Crippen molar-refractivity contribution >= 4 is 11.5 Å². The van der Waals surface area contributed by atoms with Crippen molar-refractivity contribution < 1.29 is 0 Å². The van der Waals surface area contributed by atoms with E-state index in [9.17, 15) is 0 Å². The number of hydrogen-bond donors (Lipinski definition) is 1. The molecule has 1 aliphatic rings. The summed E-state index contributed by atoms with van der Waals surface area (Å²) in [6.07, 6.45) is 4.62. The number of aryl methyl sites for hydroxylation is 2. The number of piperidine rings is 1. The summed E-state index contributed by atoms with van der Waals surface area (Å²) in [6.45, 7) is 7.87. The van der Waals surface area contributed by atoms with E-state index in [1.807, 2.05) is 11.7 Å². The molecular weight excluding hydrogens is 224 g/mol. The number of hydrogen-bond acceptors (Lipinski definition) is 3. The molecule has 4 heteroatoms. The van der Waals surface area contributed by atoms with E-state index in [1.165, 1.54) is 12.8 Å². The molecule has 0 aromatic carbocycles. The Kier molecular flexibility index (Phi) is 3.83. The third-order valence-electron chi connectivity index (χ3n) is 4.01. The summed E-state index contributed by atoms with van der Waals surface area (Å²) in [5.41, 5.74) is 8.25. The van der Waals surface area contributed by atoms with Crippen LogP contribution in [0, 0.1) is 5.92 Å². The monoisotopic (exact) mass is 250 g/mol. The van der Waals surface area contributed by atoms with Gasteiger partial charge in [-0.2, -0.15) is 5.10 Å². The van der Waals surface area contributed by atoms with E-state index in [-0.39, 0.29) is 0 Å². The van der Waals surface area contributed by atoms with Crippen LogP contribution < -0.4 is 10.6 Å². The molecule has 4 nitrogen and oxygen atoms in total. The van der Waals surface area contributed by atoms with Gasteiger partial charge < -0.3 is 10.6 Å². The molecule has 18 heavy (non-hydrogen) atoms. The number of nitrogens with zero attached hydrogens (tertiary/aromatic N) is 3. The third-order valence-corrected chi connectivity index (χ3v) is 4.01. The van der Waals surface area contributed by atoms with Crippen molar-refractivity contribution in [1.82, 2.24) is 9.78 Å². The highest BCUT2D eigenvalue weighted by Crippen LogP contribution is 2.33. The van der Waals surface area contributed by atoms with Crippen LogP contribution >= 0.6 is 0 Å². The Morgan fingerprint density at radius 2 is 2.06 bits per heavy atom. The van der Waals surface area contributed by atoms with Crippen molar-refractivity contribution in [2.24, 2.45) is 13.0 Å². The zero-order valence-corrected chi connectivity index (χ0v) is 12.1. The molecule has 0 saturated carbocycles. The van der Waals surface area contributed by atoms with Gasteiger partial charge in [0, 0.05) is 19.6 Å². The van der Waals surface area contributed by atoms with Crippen LogP contribution in [0.4, 0.5) is 11.5 Å². The number of nitrogen functional groups attached to an aromatic ring is 1. The van der Waals surface area contributed by atoms with Crippen molar-refractivity contribution in [3.8, 4) is 0 Å². The summed E-state index contributed by atoms with van der Waals surface area (Å²) in [7, 11) is 2.01. The lowest BCUT2D eigenvalue weighted by atomic mass is 9.95. The van der Waals surface area contributed by atoms with E-state index in [0.29, 0.717) is 6.04 Å². The lowest BCUT2D eigenvalue weighted by Crippen LogP contribution is -2.42. The van der Waals surface area contributed by atoms with Gasteiger partial charge in [0.2, 0.25) is 0 Å².